The van der Waals surface area contributed by atoms with Crippen LogP contribution in [0.1, 0.15) is 40.4 Å². The van der Waals surface area contributed by atoms with Crippen LogP contribution in [-0.2, 0) is 37.1 Å². The van der Waals surface area contributed by atoms with Crippen LogP contribution in [0.15, 0.2) is 60.7 Å². The molecule has 2 atom stereocenters. The third-order valence-electron chi connectivity index (χ3n) is 7.04. The van der Waals surface area contributed by atoms with Crippen LogP contribution in [0.3, 0.4) is 0 Å². The molecule has 10 nitrogen and oxygen atoms in total. The fraction of sp³-hybridized carbons (Fsp3) is 0.375. The summed E-state index contributed by atoms with van der Waals surface area (Å²) in [5.74, 6) is -0.860. The van der Waals surface area contributed by atoms with Gasteiger partial charge in [0.25, 0.3) is 5.91 Å². The van der Waals surface area contributed by atoms with Crippen LogP contribution in [0.4, 0.5) is 0 Å². The number of amides is 1. The van der Waals surface area contributed by atoms with Crippen molar-refractivity contribution in [3.8, 4) is 22.6 Å². The van der Waals surface area contributed by atoms with Crippen LogP contribution in [0.25, 0.3) is 11.1 Å². The topological polar surface area (TPSA) is 137 Å². The quantitative estimate of drug-likeness (QED) is 0.259. The van der Waals surface area contributed by atoms with Gasteiger partial charge in [0.05, 0.1) is 25.1 Å². The number of carboxylic acids is 1. The SMILES string of the molecule is CCOCC(Cc1ccc2c(c1)OCO2)OCc1ccc(C(=O)NC(CCS(C)(=O)=O)C(=O)O)c(-c2ccccc2C)c1. The minimum Gasteiger partial charge on any atom is -0.480 e. The average molecular weight is 612 g/mol. The molecule has 2 unspecified atom stereocenters. The van der Waals surface area contributed by atoms with Crippen molar-refractivity contribution in [1.29, 1.82) is 0 Å². The smallest absolute Gasteiger partial charge is 0.326 e. The van der Waals surface area contributed by atoms with Gasteiger partial charge in [-0.15, -0.1) is 0 Å². The highest BCUT2D eigenvalue weighted by atomic mass is 32.2. The van der Waals surface area contributed by atoms with Gasteiger partial charge in [-0.2, -0.15) is 0 Å². The number of ether oxygens (including phenoxy) is 4. The molecule has 0 fully saturated rings. The lowest BCUT2D eigenvalue weighted by molar-refractivity contribution is -0.139. The Hall–Kier alpha value is -3.93. The number of aryl methyl sites for hydroxylation is 1. The minimum atomic E-state index is -3.41. The monoisotopic (exact) mass is 611 g/mol. The van der Waals surface area contributed by atoms with Gasteiger partial charge in [-0.25, -0.2) is 13.2 Å². The molecule has 0 aliphatic carbocycles. The van der Waals surface area contributed by atoms with Crippen molar-refractivity contribution in [3.05, 3.63) is 82.9 Å². The first kappa shape index (κ1) is 32.0. The average Bonchev–Trinajstić information content (AvgIpc) is 3.44. The molecule has 0 radical (unpaired) electrons. The predicted molar refractivity (Wildman–Crippen MR) is 161 cm³/mol. The summed E-state index contributed by atoms with van der Waals surface area (Å²) in [6, 6.07) is 17.3. The van der Waals surface area contributed by atoms with Gasteiger partial charge in [0.1, 0.15) is 15.9 Å². The molecule has 43 heavy (non-hydrogen) atoms. The van der Waals surface area contributed by atoms with E-state index in [9.17, 15) is 23.1 Å². The van der Waals surface area contributed by atoms with E-state index in [1.807, 2.05) is 62.4 Å². The highest BCUT2D eigenvalue weighted by molar-refractivity contribution is 7.90. The van der Waals surface area contributed by atoms with Crippen molar-refractivity contribution in [1.82, 2.24) is 5.32 Å². The number of hydrogen-bond acceptors (Lipinski definition) is 8. The number of carbonyl (C=O) groups is 2. The van der Waals surface area contributed by atoms with Gasteiger partial charge in [-0.1, -0.05) is 36.4 Å². The van der Waals surface area contributed by atoms with Crippen molar-refractivity contribution in [2.24, 2.45) is 0 Å². The first-order chi connectivity index (χ1) is 20.5. The van der Waals surface area contributed by atoms with Gasteiger partial charge in [0, 0.05) is 24.8 Å². The maximum Gasteiger partial charge on any atom is 0.326 e. The Morgan fingerprint density at radius 3 is 2.47 bits per heavy atom. The Morgan fingerprint density at radius 2 is 1.74 bits per heavy atom. The minimum absolute atomic E-state index is 0.201. The second-order valence-electron chi connectivity index (χ2n) is 10.5. The number of benzene rings is 3. The summed E-state index contributed by atoms with van der Waals surface area (Å²) in [6.45, 7) is 5.23. The molecule has 1 amide bonds. The molecule has 1 aliphatic rings. The van der Waals surface area contributed by atoms with E-state index in [2.05, 4.69) is 5.32 Å². The van der Waals surface area contributed by atoms with E-state index in [4.69, 9.17) is 18.9 Å². The number of hydrogen-bond donors (Lipinski definition) is 2. The molecular weight excluding hydrogens is 574 g/mol. The van der Waals surface area contributed by atoms with Gasteiger partial charge >= 0.3 is 5.97 Å². The highest BCUT2D eigenvalue weighted by Gasteiger charge is 2.24. The maximum absolute atomic E-state index is 13.4. The van der Waals surface area contributed by atoms with Crippen molar-refractivity contribution in [3.63, 3.8) is 0 Å². The van der Waals surface area contributed by atoms with Crippen LogP contribution in [0, 0.1) is 6.92 Å². The van der Waals surface area contributed by atoms with E-state index in [1.165, 1.54) is 0 Å². The lowest BCUT2D eigenvalue weighted by Gasteiger charge is -2.20. The van der Waals surface area contributed by atoms with E-state index >= 15 is 0 Å². The summed E-state index contributed by atoms with van der Waals surface area (Å²) in [4.78, 5) is 25.2. The number of carbonyl (C=O) groups excluding carboxylic acids is 1. The normalized spacial score (nSPS) is 13.8. The summed E-state index contributed by atoms with van der Waals surface area (Å²) < 4.78 is 46.1. The Bertz CT molecular complexity index is 1550. The van der Waals surface area contributed by atoms with Gasteiger partial charge < -0.3 is 29.4 Å². The fourth-order valence-corrected chi connectivity index (χ4v) is 5.43. The molecule has 3 aromatic carbocycles. The first-order valence-electron chi connectivity index (χ1n) is 14.0. The fourth-order valence-electron chi connectivity index (χ4n) is 4.76. The molecule has 0 spiro atoms. The van der Waals surface area contributed by atoms with Crippen LogP contribution in [0.2, 0.25) is 0 Å². The lowest BCUT2D eigenvalue weighted by atomic mass is 9.93. The molecule has 2 N–H and O–H groups in total. The maximum atomic E-state index is 13.4. The standard InChI is InChI=1S/C32H37NO9S/c1-4-39-19-24(15-22-10-12-29-30(17-22)42-20-41-29)40-18-23-9-11-26(27(16-23)25-8-6-5-7-21(25)2)31(34)33-28(32(35)36)13-14-43(3,37)38/h5-12,16-17,24,28H,4,13-15,18-20H2,1-3H3,(H,33,34)(H,35,36). The molecule has 3 aromatic rings. The molecule has 230 valence electrons. The van der Waals surface area contributed by atoms with Crippen LogP contribution in [0.5, 0.6) is 11.5 Å². The summed E-state index contributed by atoms with van der Waals surface area (Å²) in [7, 11) is -3.41. The third kappa shape index (κ3) is 9.03. The van der Waals surface area contributed by atoms with Crippen molar-refractivity contribution >= 4 is 21.7 Å². The van der Waals surface area contributed by atoms with Crippen LogP contribution < -0.4 is 14.8 Å². The zero-order chi connectivity index (χ0) is 31.0. The molecular formula is C32H37NO9S. The van der Waals surface area contributed by atoms with E-state index in [-0.39, 0.29) is 37.2 Å². The highest BCUT2D eigenvalue weighted by Crippen LogP contribution is 2.33. The summed E-state index contributed by atoms with van der Waals surface area (Å²) >= 11 is 0. The Labute approximate surface area is 251 Å². The van der Waals surface area contributed by atoms with Gasteiger partial charge in [0.2, 0.25) is 6.79 Å². The Kier molecular flexibility index (Phi) is 10.8. The second kappa shape index (κ2) is 14.5. The molecule has 0 saturated heterocycles. The number of rotatable bonds is 15. The number of nitrogens with one attached hydrogen (secondary N) is 1. The molecule has 0 bridgehead atoms. The van der Waals surface area contributed by atoms with Crippen LogP contribution in [-0.4, -0.2) is 69.6 Å². The van der Waals surface area contributed by atoms with Crippen LogP contribution >= 0.6 is 0 Å². The zero-order valence-electron chi connectivity index (χ0n) is 24.5. The van der Waals surface area contributed by atoms with E-state index in [0.717, 1.165) is 28.5 Å². The number of sulfone groups is 1. The number of carboxylic acid groups (broad SMARTS) is 1. The lowest BCUT2D eigenvalue weighted by Crippen LogP contribution is -2.42. The molecule has 1 heterocycles. The Balaban J connectivity index is 1.56. The molecule has 4 rings (SSSR count). The summed E-state index contributed by atoms with van der Waals surface area (Å²) in [6.07, 6.45) is 1.12. The van der Waals surface area contributed by atoms with E-state index in [1.54, 1.807) is 12.1 Å². The molecule has 11 heteroatoms. The van der Waals surface area contributed by atoms with E-state index < -0.39 is 27.8 Å². The number of aliphatic carboxylic acids is 1. The third-order valence-corrected chi connectivity index (χ3v) is 8.02. The van der Waals surface area contributed by atoms with Gasteiger partial charge in [0.15, 0.2) is 11.5 Å². The van der Waals surface area contributed by atoms with E-state index in [0.29, 0.717) is 36.7 Å². The van der Waals surface area contributed by atoms with Crippen molar-refractivity contribution in [2.75, 3.05) is 32.0 Å². The second-order valence-corrected chi connectivity index (χ2v) is 12.7. The zero-order valence-corrected chi connectivity index (χ0v) is 25.3. The summed E-state index contributed by atoms with van der Waals surface area (Å²) in [5.41, 5.74) is 4.46. The first-order valence-corrected chi connectivity index (χ1v) is 16.1. The summed E-state index contributed by atoms with van der Waals surface area (Å²) in [5, 5.41) is 12.1. The predicted octanol–water partition coefficient (Wildman–Crippen LogP) is 4.17. The molecule has 0 saturated carbocycles. The molecule has 0 aromatic heterocycles. The van der Waals surface area contributed by atoms with Gasteiger partial charge in [-0.05, 0) is 72.4 Å². The van der Waals surface area contributed by atoms with Gasteiger partial charge in [-0.3, -0.25) is 4.79 Å². The van der Waals surface area contributed by atoms with Crippen molar-refractivity contribution < 1.29 is 42.1 Å². The Morgan fingerprint density at radius 1 is 1.00 bits per heavy atom. The molecule has 1 aliphatic heterocycles. The number of fused-ring (bicyclic) bond motifs is 1. The largest absolute Gasteiger partial charge is 0.480 e. The van der Waals surface area contributed by atoms with Crippen molar-refractivity contribution in [2.45, 2.75) is 45.4 Å².